The second-order valence-corrected chi connectivity index (χ2v) is 1.62. The van der Waals surface area contributed by atoms with E-state index >= 15 is 0 Å². The number of nitrogen functional groups attached to an aromatic ring is 1. The SMILES string of the molecule is CNc1cc(N)cnn1. The molecule has 0 saturated heterocycles. The third-order valence-corrected chi connectivity index (χ3v) is 0.932. The van der Waals surface area contributed by atoms with Gasteiger partial charge in [-0.25, -0.2) is 0 Å². The zero-order valence-electron chi connectivity index (χ0n) is 5.13. The average molecular weight is 124 g/mol. The van der Waals surface area contributed by atoms with Crippen LogP contribution in [0, 0.1) is 0 Å². The summed E-state index contributed by atoms with van der Waals surface area (Å²) < 4.78 is 0. The summed E-state index contributed by atoms with van der Waals surface area (Å²) in [5.74, 6) is 0.690. The fraction of sp³-hybridized carbons (Fsp3) is 0.200. The predicted molar refractivity (Wildman–Crippen MR) is 36.0 cm³/mol. The molecule has 1 rings (SSSR count). The van der Waals surface area contributed by atoms with Gasteiger partial charge < -0.3 is 11.1 Å². The molecule has 4 heteroatoms. The second kappa shape index (κ2) is 2.30. The molecule has 0 amide bonds. The van der Waals surface area contributed by atoms with Crippen LogP contribution in [0.2, 0.25) is 0 Å². The van der Waals surface area contributed by atoms with Crippen LogP contribution in [-0.2, 0) is 0 Å². The molecule has 0 aliphatic carbocycles. The molecule has 0 aliphatic rings. The van der Waals surface area contributed by atoms with Gasteiger partial charge in [-0.3, -0.25) is 0 Å². The van der Waals surface area contributed by atoms with Crippen LogP contribution in [0.25, 0.3) is 0 Å². The number of hydrogen-bond donors (Lipinski definition) is 2. The van der Waals surface area contributed by atoms with Gasteiger partial charge in [0.2, 0.25) is 0 Å². The van der Waals surface area contributed by atoms with E-state index in [1.54, 1.807) is 13.1 Å². The van der Waals surface area contributed by atoms with E-state index in [9.17, 15) is 0 Å². The minimum atomic E-state index is 0.620. The normalized spacial score (nSPS) is 9.00. The fourth-order valence-corrected chi connectivity index (χ4v) is 0.504. The first-order chi connectivity index (χ1) is 4.33. The maximum Gasteiger partial charge on any atom is 0.150 e. The largest absolute Gasteiger partial charge is 0.397 e. The molecule has 0 aliphatic heterocycles. The van der Waals surface area contributed by atoms with E-state index in [0.29, 0.717) is 11.5 Å². The standard InChI is InChI=1S/C5H8N4/c1-7-5-2-4(6)3-8-9-5/h2-3H,1H3,(H3,6,7,9). The molecular formula is C5H8N4. The number of anilines is 2. The molecule has 0 fully saturated rings. The Labute approximate surface area is 53.1 Å². The third-order valence-electron chi connectivity index (χ3n) is 0.932. The molecule has 0 radical (unpaired) electrons. The van der Waals surface area contributed by atoms with Gasteiger partial charge in [0.15, 0.2) is 0 Å². The number of nitrogens with two attached hydrogens (primary N) is 1. The highest BCUT2D eigenvalue weighted by Crippen LogP contribution is 2.03. The van der Waals surface area contributed by atoms with Gasteiger partial charge in [0.05, 0.1) is 11.9 Å². The highest BCUT2D eigenvalue weighted by molar-refractivity contribution is 5.45. The van der Waals surface area contributed by atoms with Gasteiger partial charge in [0.1, 0.15) is 5.82 Å². The van der Waals surface area contributed by atoms with Crippen molar-refractivity contribution in [2.75, 3.05) is 18.1 Å². The van der Waals surface area contributed by atoms with Gasteiger partial charge in [-0.05, 0) is 0 Å². The first kappa shape index (κ1) is 5.81. The van der Waals surface area contributed by atoms with Crippen molar-refractivity contribution in [1.29, 1.82) is 0 Å². The van der Waals surface area contributed by atoms with Gasteiger partial charge in [-0.1, -0.05) is 0 Å². The van der Waals surface area contributed by atoms with E-state index in [2.05, 4.69) is 15.5 Å². The Morgan fingerprint density at radius 3 is 2.89 bits per heavy atom. The summed E-state index contributed by atoms with van der Waals surface area (Å²) in [4.78, 5) is 0. The van der Waals surface area contributed by atoms with Crippen LogP contribution in [0.1, 0.15) is 0 Å². The zero-order valence-corrected chi connectivity index (χ0v) is 5.13. The van der Waals surface area contributed by atoms with Gasteiger partial charge in [0, 0.05) is 13.1 Å². The molecule has 4 nitrogen and oxygen atoms in total. The molecule has 1 heterocycles. The first-order valence-corrected chi connectivity index (χ1v) is 2.59. The van der Waals surface area contributed by atoms with E-state index in [4.69, 9.17) is 5.73 Å². The number of aromatic nitrogens is 2. The Balaban J connectivity index is 2.94. The maximum atomic E-state index is 5.39. The summed E-state index contributed by atoms with van der Waals surface area (Å²) in [6.45, 7) is 0. The monoisotopic (exact) mass is 124 g/mol. The third kappa shape index (κ3) is 1.28. The van der Waals surface area contributed by atoms with E-state index in [1.807, 2.05) is 0 Å². The first-order valence-electron chi connectivity index (χ1n) is 2.59. The summed E-state index contributed by atoms with van der Waals surface area (Å²) in [5.41, 5.74) is 6.01. The smallest absolute Gasteiger partial charge is 0.150 e. The Hall–Kier alpha value is -1.32. The highest BCUT2D eigenvalue weighted by atomic mass is 15.2. The van der Waals surface area contributed by atoms with Crippen molar-refractivity contribution >= 4 is 11.5 Å². The lowest BCUT2D eigenvalue weighted by atomic mass is 10.5. The van der Waals surface area contributed by atoms with Crippen LogP contribution >= 0.6 is 0 Å². The van der Waals surface area contributed by atoms with Crippen molar-refractivity contribution in [3.05, 3.63) is 12.3 Å². The van der Waals surface area contributed by atoms with Gasteiger partial charge in [-0.2, -0.15) is 5.10 Å². The van der Waals surface area contributed by atoms with Crippen molar-refractivity contribution in [1.82, 2.24) is 10.2 Å². The molecule has 9 heavy (non-hydrogen) atoms. The molecule has 48 valence electrons. The van der Waals surface area contributed by atoms with Crippen LogP contribution < -0.4 is 11.1 Å². The Morgan fingerprint density at radius 1 is 1.67 bits per heavy atom. The molecule has 1 aromatic heterocycles. The van der Waals surface area contributed by atoms with E-state index in [0.717, 1.165) is 0 Å². The van der Waals surface area contributed by atoms with Gasteiger partial charge in [-0.15, -0.1) is 5.10 Å². The minimum Gasteiger partial charge on any atom is -0.397 e. The summed E-state index contributed by atoms with van der Waals surface area (Å²) >= 11 is 0. The molecule has 0 atom stereocenters. The van der Waals surface area contributed by atoms with Crippen molar-refractivity contribution in [3.63, 3.8) is 0 Å². The number of nitrogens with one attached hydrogen (secondary N) is 1. The predicted octanol–water partition coefficient (Wildman–Crippen LogP) is 0.100. The van der Waals surface area contributed by atoms with Crippen molar-refractivity contribution < 1.29 is 0 Å². The molecule has 3 N–H and O–H groups in total. The topological polar surface area (TPSA) is 63.8 Å². The van der Waals surface area contributed by atoms with Gasteiger partial charge in [0.25, 0.3) is 0 Å². The molecule has 1 aromatic rings. The average Bonchev–Trinajstić information content (AvgIpc) is 1.88. The number of nitrogens with zero attached hydrogens (tertiary/aromatic N) is 2. The minimum absolute atomic E-state index is 0.620. The van der Waals surface area contributed by atoms with E-state index in [1.165, 1.54) is 6.20 Å². The van der Waals surface area contributed by atoms with E-state index < -0.39 is 0 Å². The second-order valence-electron chi connectivity index (χ2n) is 1.62. The lowest BCUT2D eigenvalue weighted by Crippen LogP contribution is -1.95. The Morgan fingerprint density at radius 2 is 2.44 bits per heavy atom. The molecule has 0 saturated carbocycles. The van der Waals surface area contributed by atoms with Gasteiger partial charge >= 0.3 is 0 Å². The molecule has 0 unspecified atom stereocenters. The van der Waals surface area contributed by atoms with Crippen LogP contribution in [0.15, 0.2) is 12.3 Å². The van der Waals surface area contributed by atoms with Crippen LogP contribution in [0.4, 0.5) is 11.5 Å². The summed E-state index contributed by atoms with van der Waals surface area (Å²) in [7, 11) is 1.77. The van der Waals surface area contributed by atoms with Crippen LogP contribution in [-0.4, -0.2) is 17.2 Å². The zero-order chi connectivity index (χ0) is 6.69. The van der Waals surface area contributed by atoms with Crippen LogP contribution in [0.5, 0.6) is 0 Å². The number of rotatable bonds is 1. The highest BCUT2D eigenvalue weighted by Gasteiger charge is 1.88. The fourth-order valence-electron chi connectivity index (χ4n) is 0.504. The van der Waals surface area contributed by atoms with Crippen LogP contribution in [0.3, 0.4) is 0 Å². The number of hydrogen-bond acceptors (Lipinski definition) is 4. The van der Waals surface area contributed by atoms with Crippen molar-refractivity contribution in [3.8, 4) is 0 Å². The molecule has 0 bridgehead atoms. The molecule has 0 spiro atoms. The maximum absolute atomic E-state index is 5.39. The lowest BCUT2D eigenvalue weighted by Gasteiger charge is -1.95. The quantitative estimate of drug-likeness (QED) is 0.557. The Kier molecular flexibility index (Phi) is 1.48. The summed E-state index contributed by atoms with van der Waals surface area (Å²) in [6, 6.07) is 1.72. The summed E-state index contributed by atoms with van der Waals surface area (Å²) in [6.07, 6.45) is 1.50. The molecule has 0 aromatic carbocycles. The van der Waals surface area contributed by atoms with Crippen molar-refractivity contribution in [2.24, 2.45) is 0 Å². The van der Waals surface area contributed by atoms with E-state index in [-0.39, 0.29) is 0 Å². The van der Waals surface area contributed by atoms with Crippen molar-refractivity contribution in [2.45, 2.75) is 0 Å². The summed E-state index contributed by atoms with van der Waals surface area (Å²) in [5, 5.41) is 10.1. The molecular weight excluding hydrogens is 116 g/mol. The lowest BCUT2D eigenvalue weighted by molar-refractivity contribution is 1.03. The Bertz CT molecular complexity index is 198.